The standard InChI is InChI=1S/C5H6O4.C5H10O/c1-3(5(8)9)2-4(6)7;1-2-3-4-5-6/h1-2H2,(H,6,7)(H,8,9);4-6H,2-3H2,1H3. The van der Waals surface area contributed by atoms with Crippen LogP contribution >= 0.6 is 0 Å². The van der Waals surface area contributed by atoms with E-state index in [0.29, 0.717) is 0 Å². The Morgan fingerprint density at radius 1 is 1.33 bits per heavy atom. The lowest BCUT2D eigenvalue weighted by Gasteiger charge is -1.91. The van der Waals surface area contributed by atoms with E-state index in [9.17, 15) is 9.59 Å². The van der Waals surface area contributed by atoms with Crippen molar-refractivity contribution in [2.24, 2.45) is 0 Å². The van der Waals surface area contributed by atoms with Crippen molar-refractivity contribution in [2.45, 2.75) is 26.2 Å². The van der Waals surface area contributed by atoms with Gasteiger partial charge < -0.3 is 15.3 Å². The van der Waals surface area contributed by atoms with Crippen LogP contribution in [0.15, 0.2) is 24.5 Å². The van der Waals surface area contributed by atoms with Crippen LogP contribution in [0.3, 0.4) is 0 Å². The molecule has 0 aromatic heterocycles. The Morgan fingerprint density at radius 3 is 2.00 bits per heavy atom. The second-order valence-corrected chi connectivity index (χ2v) is 2.65. The summed E-state index contributed by atoms with van der Waals surface area (Å²) in [5.74, 6) is -2.44. The largest absolute Gasteiger partial charge is 0.516 e. The van der Waals surface area contributed by atoms with E-state index in [2.05, 4.69) is 13.5 Å². The SMILES string of the molecule is C=C(CC(=O)O)C(=O)O.CCCC=CO. The van der Waals surface area contributed by atoms with Crippen LogP contribution in [0.25, 0.3) is 0 Å². The minimum Gasteiger partial charge on any atom is -0.516 e. The molecular weight excluding hydrogens is 200 g/mol. The summed E-state index contributed by atoms with van der Waals surface area (Å²) >= 11 is 0. The summed E-state index contributed by atoms with van der Waals surface area (Å²) < 4.78 is 0. The molecule has 0 heterocycles. The topological polar surface area (TPSA) is 94.8 Å². The zero-order valence-electron chi connectivity index (χ0n) is 8.64. The maximum Gasteiger partial charge on any atom is 0.331 e. The van der Waals surface area contributed by atoms with Crippen molar-refractivity contribution < 1.29 is 24.9 Å². The molecule has 5 nitrogen and oxygen atoms in total. The summed E-state index contributed by atoms with van der Waals surface area (Å²) in [7, 11) is 0. The monoisotopic (exact) mass is 216 g/mol. The summed E-state index contributed by atoms with van der Waals surface area (Å²) in [5, 5.41) is 24.1. The Kier molecular flexibility index (Phi) is 10.8. The van der Waals surface area contributed by atoms with Crippen LogP contribution in [0.4, 0.5) is 0 Å². The molecule has 0 spiro atoms. The first kappa shape index (κ1) is 15.7. The lowest BCUT2D eigenvalue weighted by Crippen LogP contribution is -2.04. The molecular formula is C10H16O5. The van der Waals surface area contributed by atoms with Crippen molar-refractivity contribution >= 4 is 11.9 Å². The van der Waals surface area contributed by atoms with E-state index >= 15 is 0 Å². The van der Waals surface area contributed by atoms with Crippen molar-refractivity contribution in [1.82, 2.24) is 0 Å². The summed E-state index contributed by atoms with van der Waals surface area (Å²) in [6, 6.07) is 0. The third kappa shape index (κ3) is 15.0. The lowest BCUT2D eigenvalue weighted by atomic mass is 10.2. The van der Waals surface area contributed by atoms with Gasteiger partial charge in [0.15, 0.2) is 0 Å². The van der Waals surface area contributed by atoms with Crippen molar-refractivity contribution in [3.05, 3.63) is 24.5 Å². The molecule has 0 amide bonds. The van der Waals surface area contributed by atoms with Crippen LogP contribution in [0, 0.1) is 0 Å². The molecule has 0 bridgehead atoms. The second kappa shape index (κ2) is 10.3. The van der Waals surface area contributed by atoms with E-state index in [1.807, 2.05) is 0 Å². The molecule has 0 aromatic rings. The van der Waals surface area contributed by atoms with E-state index in [1.165, 1.54) is 0 Å². The molecule has 0 rings (SSSR count). The first-order valence-corrected chi connectivity index (χ1v) is 4.37. The maximum absolute atomic E-state index is 9.87. The predicted molar refractivity (Wildman–Crippen MR) is 55.7 cm³/mol. The quantitative estimate of drug-likeness (QED) is 0.482. The minimum absolute atomic E-state index is 0.303. The van der Waals surface area contributed by atoms with E-state index in [0.717, 1.165) is 19.1 Å². The molecule has 0 aliphatic rings. The molecule has 5 heteroatoms. The molecule has 0 radical (unpaired) electrons. The van der Waals surface area contributed by atoms with Gasteiger partial charge in [-0.2, -0.15) is 0 Å². The minimum atomic E-state index is -1.27. The molecule has 0 unspecified atom stereocenters. The van der Waals surface area contributed by atoms with Crippen LogP contribution in [-0.2, 0) is 9.59 Å². The highest BCUT2D eigenvalue weighted by atomic mass is 16.4. The summed E-state index contributed by atoms with van der Waals surface area (Å²) in [5.41, 5.74) is -0.303. The first-order valence-electron chi connectivity index (χ1n) is 4.37. The number of hydrogen-bond donors (Lipinski definition) is 3. The Morgan fingerprint density at radius 2 is 1.87 bits per heavy atom. The van der Waals surface area contributed by atoms with Gasteiger partial charge in [0, 0.05) is 5.57 Å². The highest BCUT2D eigenvalue weighted by Crippen LogP contribution is 1.95. The average Bonchev–Trinajstić information content (AvgIpc) is 2.14. The van der Waals surface area contributed by atoms with E-state index in [1.54, 1.807) is 6.08 Å². The fourth-order valence-corrected chi connectivity index (χ4v) is 0.499. The number of rotatable bonds is 5. The third-order valence-electron chi connectivity index (χ3n) is 1.23. The molecule has 3 N–H and O–H groups in total. The van der Waals surface area contributed by atoms with Crippen molar-refractivity contribution in [2.75, 3.05) is 0 Å². The van der Waals surface area contributed by atoms with E-state index in [4.69, 9.17) is 15.3 Å². The zero-order valence-corrected chi connectivity index (χ0v) is 8.64. The fraction of sp³-hybridized carbons (Fsp3) is 0.400. The number of allylic oxidation sites excluding steroid dienone is 1. The Bertz CT molecular complexity index is 242. The van der Waals surface area contributed by atoms with Crippen molar-refractivity contribution in [3.63, 3.8) is 0 Å². The van der Waals surface area contributed by atoms with Crippen LogP contribution in [-0.4, -0.2) is 27.3 Å². The van der Waals surface area contributed by atoms with Crippen LogP contribution in [0.2, 0.25) is 0 Å². The van der Waals surface area contributed by atoms with Gasteiger partial charge in [-0.3, -0.25) is 4.79 Å². The van der Waals surface area contributed by atoms with Crippen LogP contribution in [0.5, 0.6) is 0 Å². The Hall–Kier alpha value is -1.78. The maximum atomic E-state index is 9.87. The van der Waals surface area contributed by atoms with Crippen LogP contribution < -0.4 is 0 Å². The number of hydrogen-bond acceptors (Lipinski definition) is 3. The highest BCUT2D eigenvalue weighted by Gasteiger charge is 2.07. The summed E-state index contributed by atoms with van der Waals surface area (Å²) in [4.78, 5) is 19.7. The third-order valence-corrected chi connectivity index (χ3v) is 1.23. The van der Waals surface area contributed by atoms with Gasteiger partial charge in [0.25, 0.3) is 0 Å². The van der Waals surface area contributed by atoms with Crippen molar-refractivity contribution in [1.29, 1.82) is 0 Å². The number of aliphatic hydroxyl groups excluding tert-OH is 1. The normalized spacial score (nSPS) is 9.13. The number of carbonyl (C=O) groups is 2. The van der Waals surface area contributed by atoms with Gasteiger partial charge in [-0.15, -0.1) is 0 Å². The molecule has 0 saturated heterocycles. The molecule has 0 aromatic carbocycles. The molecule has 15 heavy (non-hydrogen) atoms. The summed E-state index contributed by atoms with van der Waals surface area (Å²) in [6.45, 7) is 5.08. The summed E-state index contributed by atoms with van der Waals surface area (Å²) in [6.07, 6.45) is 4.41. The Balaban J connectivity index is 0. The van der Waals surface area contributed by atoms with Gasteiger partial charge >= 0.3 is 11.9 Å². The van der Waals surface area contributed by atoms with Gasteiger partial charge in [0.1, 0.15) is 0 Å². The molecule has 86 valence electrons. The molecule has 0 aliphatic carbocycles. The lowest BCUT2D eigenvalue weighted by molar-refractivity contribution is -0.139. The van der Waals surface area contributed by atoms with Crippen molar-refractivity contribution in [3.8, 4) is 0 Å². The Labute approximate surface area is 88.4 Å². The van der Waals surface area contributed by atoms with Gasteiger partial charge in [-0.25, -0.2) is 4.79 Å². The van der Waals surface area contributed by atoms with Crippen LogP contribution in [0.1, 0.15) is 26.2 Å². The number of carboxylic acid groups (broad SMARTS) is 2. The average molecular weight is 216 g/mol. The van der Waals surface area contributed by atoms with Gasteiger partial charge in [0.2, 0.25) is 0 Å². The van der Waals surface area contributed by atoms with E-state index in [-0.39, 0.29) is 5.57 Å². The first-order chi connectivity index (χ1) is 6.95. The second-order valence-electron chi connectivity index (χ2n) is 2.65. The molecule has 0 atom stereocenters. The van der Waals surface area contributed by atoms with Gasteiger partial charge in [-0.05, 0) is 6.42 Å². The van der Waals surface area contributed by atoms with Gasteiger partial charge in [0.05, 0.1) is 12.7 Å². The van der Waals surface area contributed by atoms with E-state index < -0.39 is 18.4 Å². The number of aliphatic hydroxyl groups is 1. The number of unbranched alkanes of at least 4 members (excludes halogenated alkanes) is 1. The molecule has 0 aliphatic heterocycles. The zero-order chi connectivity index (χ0) is 12.3. The molecule has 0 saturated carbocycles. The number of aliphatic carboxylic acids is 2. The smallest absolute Gasteiger partial charge is 0.331 e. The highest BCUT2D eigenvalue weighted by molar-refractivity contribution is 5.91. The number of carboxylic acids is 2. The van der Waals surface area contributed by atoms with Gasteiger partial charge in [-0.1, -0.05) is 26.0 Å². The predicted octanol–water partition coefficient (Wildman–Crippen LogP) is 1.96. The molecule has 0 fully saturated rings. The fourth-order valence-electron chi connectivity index (χ4n) is 0.499.